The van der Waals surface area contributed by atoms with Gasteiger partial charge in [0.2, 0.25) is 11.8 Å². The fourth-order valence-electron chi connectivity index (χ4n) is 2.00. The number of halogens is 1. The van der Waals surface area contributed by atoms with E-state index in [-0.39, 0.29) is 5.95 Å². The van der Waals surface area contributed by atoms with Crippen molar-refractivity contribution in [3.8, 4) is 17.1 Å². The summed E-state index contributed by atoms with van der Waals surface area (Å²) in [7, 11) is 1.57. The number of nitrogens with zero attached hydrogens (tertiary/aromatic N) is 4. The Morgan fingerprint density at radius 1 is 1.29 bits per heavy atom. The van der Waals surface area contributed by atoms with Crippen molar-refractivity contribution >= 4 is 29.3 Å². The van der Waals surface area contributed by atoms with Crippen molar-refractivity contribution in [3.63, 3.8) is 0 Å². The lowest BCUT2D eigenvalue weighted by Gasteiger charge is -2.03. The number of ether oxygens (including phenoxy) is 1. The van der Waals surface area contributed by atoms with E-state index in [0.29, 0.717) is 39.2 Å². The SMILES string of the molecule is COc1ccc(-c2cnc(CSc3nc(C)nc(N)n3)o2)cc1Cl. The van der Waals surface area contributed by atoms with Crippen LogP contribution >= 0.6 is 23.4 Å². The van der Waals surface area contributed by atoms with Gasteiger partial charge in [-0.2, -0.15) is 9.97 Å². The van der Waals surface area contributed by atoms with Crippen molar-refractivity contribution in [3.05, 3.63) is 41.1 Å². The van der Waals surface area contributed by atoms with Crippen molar-refractivity contribution in [1.29, 1.82) is 0 Å². The van der Waals surface area contributed by atoms with Crippen molar-refractivity contribution < 1.29 is 9.15 Å². The molecule has 0 atom stereocenters. The molecule has 0 aliphatic carbocycles. The van der Waals surface area contributed by atoms with E-state index in [1.54, 1.807) is 32.4 Å². The molecular weight excluding hydrogens is 350 g/mol. The van der Waals surface area contributed by atoms with Crippen molar-refractivity contribution in [2.45, 2.75) is 17.8 Å². The molecule has 9 heteroatoms. The smallest absolute Gasteiger partial charge is 0.224 e. The Labute approximate surface area is 147 Å². The van der Waals surface area contributed by atoms with Gasteiger partial charge in [0.05, 0.1) is 24.1 Å². The molecule has 2 heterocycles. The Morgan fingerprint density at radius 3 is 2.83 bits per heavy atom. The fraction of sp³-hybridized carbons (Fsp3) is 0.200. The Hall–Kier alpha value is -2.32. The van der Waals surface area contributed by atoms with Crippen LogP contribution < -0.4 is 10.5 Å². The van der Waals surface area contributed by atoms with Crippen LogP contribution in [0.15, 0.2) is 34.0 Å². The van der Waals surface area contributed by atoms with E-state index in [2.05, 4.69) is 19.9 Å². The summed E-state index contributed by atoms with van der Waals surface area (Å²) in [5.41, 5.74) is 6.43. The largest absolute Gasteiger partial charge is 0.495 e. The number of aryl methyl sites for hydroxylation is 1. The van der Waals surface area contributed by atoms with E-state index in [9.17, 15) is 0 Å². The summed E-state index contributed by atoms with van der Waals surface area (Å²) < 4.78 is 10.9. The van der Waals surface area contributed by atoms with Gasteiger partial charge in [0.1, 0.15) is 11.6 Å². The monoisotopic (exact) mass is 363 g/mol. The summed E-state index contributed by atoms with van der Waals surface area (Å²) in [5, 5.41) is 1.05. The molecule has 1 aromatic carbocycles. The molecule has 0 saturated carbocycles. The number of benzene rings is 1. The van der Waals surface area contributed by atoms with Crippen molar-refractivity contribution in [2.75, 3.05) is 12.8 Å². The normalized spacial score (nSPS) is 10.8. The molecule has 124 valence electrons. The van der Waals surface area contributed by atoms with E-state index in [0.717, 1.165) is 5.56 Å². The third-order valence-corrected chi connectivity index (χ3v) is 4.19. The zero-order chi connectivity index (χ0) is 17.1. The molecule has 3 rings (SSSR count). The summed E-state index contributed by atoms with van der Waals surface area (Å²) >= 11 is 7.51. The second-order valence-corrected chi connectivity index (χ2v) is 6.13. The molecule has 24 heavy (non-hydrogen) atoms. The van der Waals surface area contributed by atoms with Crippen LogP contribution in [0, 0.1) is 6.92 Å². The minimum Gasteiger partial charge on any atom is -0.495 e. The van der Waals surface area contributed by atoms with Gasteiger partial charge in [0.25, 0.3) is 0 Å². The van der Waals surface area contributed by atoms with Crippen LogP contribution in [-0.4, -0.2) is 27.0 Å². The maximum Gasteiger partial charge on any atom is 0.224 e. The van der Waals surface area contributed by atoms with Crippen LogP contribution in [0.4, 0.5) is 5.95 Å². The van der Waals surface area contributed by atoms with E-state index in [1.165, 1.54) is 11.8 Å². The highest BCUT2D eigenvalue weighted by Crippen LogP contribution is 2.31. The molecule has 3 aromatic rings. The number of aromatic nitrogens is 4. The molecule has 0 radical (unpaired) electrons. The number of nitrogen functional groups attached to an aromatic ring is 1. The topological polar surface area (TPSA) is 100.0 Å². The molecular formula is C15H14ClN5O2S. The number of thioether (sulfide) groups is 1. The number of oxazole rings is 1. The van der Waals surface area contributed by atoms with Gasteiger partial charge in [-0.1, -0.05) is 23.4 Å². The molecule has 2 N–H and O–H groups in total. The fourth-order valence-corrected chi connectivity index (χ4v) is 3.00. The lowest BCUT2D eigenvalue weighted by molar-refractivity contribution is 0.415. The maximum atomic E-state index is 6.13. The third kappa shape index (κ3) is 3.77. The highest BCUT2D eigenvalue weighted by Gasteiger charge is 2.11. The number of methoxy groups -OCH3 is 1. The highest BCUT2D eigenvalue weighted by molar-refractivity contribution is 7.98. The average Bonchev–Trinajstić information content (AvgIpc) is 3.01. The standard InChI is InChI=1S/C15H14ClN5O2S/c1-8-19-14(17)21-15(20-8)24-7-13-18-6-12(23-13)9-3-4-11(22-2)10(16)5-9/h3-6H,7H2,1-2H3,(H2,17,19,20,21). The quantitative estimate of drug-likeness (QED) is 0.688. The van der Waals surface area contributed by atoms with Crippen LogP contribution in [0.2, 0.25) is 5.02 Å². The first kappa shape index (κ1) is 16.5. The van der Waals surface area contributed by atoms with Crippen molar-refractivity contribution in [1.82, 2.24) is 19.9 Å². The second kappa shape index (κ2) is 7.06. The minimum atomic E-state index is 0.200. The number of hydrogen-bond acceptors (Lipinski definition) is 8. The van der Waals surface area contributed by atoms with Gasteiger partial charge in [0.15, 0.2) is 10.9 Å². The van der Waals surface area contributed by atoms with E-state index < -0.39 is 0 Å². The molecule has 0 amide bonds. The first-order valence-corrected chi connectivity index (χ1v) is 8.31. The van der Waals surface area contributed by atoms with Gasteiger partial charge < -0.3 is 14.9 Å². The van der Waals surface area contributed by atoms with Crippen LogP contribution in [0.3, 0.4) is 0 Å². The van der Waals surface area contributed by atoms with Gasteiger partial charge in [-0.25, -0.2) is 9.97 Å². The third-order valence-electron chi connectivity index (χ3n) is 3.06. The summed E-state index contributed by atoms with van der Waals surface area (Å²) in [6, 6.07) is 5.41. The predicted octanol–water partition coefficient (Wildman–Crippen LogP) is 3.37. The van der Waals surface area contributed by atoms with Gasteiger partial charge >= 0.3 is 0 Å². The Morgan fingerprint density at radius 2 is 2.12 bits per heavy atom. The molecule has 0 bridgehead atoms. The molecule has 7 nitrogen and oxygen atoms in total. The van der Waals surface area contributed by atoms with Crippen LogP contribution in [0.25, 0.3) is 11.3 Å². The first-order chi connectivity index (χ1) is 11.5. The Balaban J connectivity index is 1.72. The van der Waals surface area contributed by atoms with E-state index in [4.69, 9.17) is 26.5 Å². The number of nitrogens with two attached hydrogens (primary N) is 1. The molecule has 2 aromatic heterocycles. The maximum absolute atomic E-state index is 6.13. The van der Waals surface area contributed by atoms with Crippen molar-refractivity contribution in [2.24, 2.45) is 0 Å². The first-order valence-electron chi connectivity index (χ1n) is 6.94. The van der Waals surface area contributed by atoms with Crippen LogP contribution in [0.1, 0.15) is 11.7 Å². The van der Waals surface area contributed by atoms with Gasteiger partial charge in [-0.05, 0) is 25.1 Å². The second-order valence-electron chi connectivity index (χ2n) is 4.78. The van der Waals surface area contributed by atoms with Gasteiger partial charge in [-0.15, -0.1) is 0 Å². The molecule has 0 fully saturated rings. The average molecular weight is 364 g/mol. The van der Waals surface area contributed by atoms with Crippen LogP contribution in [0.5, 0.6) is 5.75 Å². The van der Waals surface area contributed by atoms with Crippen LogP contribution in [-0.2, 0) is 5.75 Å². The molecule has 0 aliphatic rings. The van der Waals surface area contributed by atoms with Gasteiger partial charge in [-0.3, -0.25) is 0 Å². The number of hydrogen-bond donors (Lipinski definition) is 1. The molecule has 0 aliphatic heterocycles. The lowest BCUT2D eigenvalue weighted by atomic mass is 10.2. The summed E-state index contributed by atoms with van der Waals surface area (Å²) in [6.07, 6.45) is 1.65. The number of anilines is 1. The Kier molecular flexibility index (Phi) is 4.86. The summed E-state index contributed by atoms with van der Waals surface area (Å²) in [4.78, 5) is 16.5. The zero-order valence-corrected chi connectivity index (χ0v) is 14.6. The summed E-state index contributed by atoms with van der Waals surface area (Å²) in [5.74, 6) is 3.04. The summed E-state index contributed by atoms with van der Waals surface area (Å²) in [6.45, 7) is 1.76. The molecule has 0 saturated heterocycles. The number of rotatable bonds is 5. The van der Waals surface area contributed by atoms with E-state index in [1.807, 2.05) is 6.07 Å². The molecule has 0 unspecified atom stereocenters. The zero-order valence-electron chi connectivity index (χ0n) is 13.0. The lowest BCUT2D eigenvalue weighted by Crippen LogP contribution is -2.01. The minimum absolute atomic E-state index is 0.200. The van der Waals surface area contributed by atoms with E-state index >= 15 is 0 Å². The predicted molar refractivity (Wildman–Crippen MR) is 92.0 cm³/mol. The Bertz CT molecular complexity index is 851. The molecule has 0 spiro atoms. The van der Waals surface area contributed by atoms with Gasteiger partial charge in [0, 0.05) is 5.56 Å². The highest BCUT2D eigenvalue weighted by atomic mass is 35.5.